The topological polar surface area (TPSA) is 126 Å². The van der Waals surface area contributed by atoms with Crippen LogP contribution < -0.4 is 14.4 Å². The van der Waals surface area contributed by atoms with Crippen molar-refractivity contribution in [2.24, 2.45) is 0 Å². The number of nitrogens with one attached hydrogen (secondary N) is 1. The number of aromatic carboxylic acids is 1. The van der Waals surface area contributed by atoms with E-state index in [0.29, 0.717) is 27.8 Å². The molecule has 0 saturated carbocycles. The van der Waals surface area contributed by atoms with Gasteiger partial charge in [0, 0.05) is 23.8 Å². The highest BCUT2D eigenvalue weighted by molar-refractivity contribution is 7.92. The van der Waals surface area contributed by atoms with Crippen molar-refractivity contribution in [1.82, 2.24) is 10.3 Å². The van der Waals surface area contributed by atoms with Crippen molar-refractivity contribution in [2.45, 2.75) is 18.4 Å². The Kier molecular flexibility index (Phi) is 8.48. The van der Waals surface area contributed by atoms with Gasteiger partial charge in [0.25, 0.3) is 10.0 Å². The molecule has 1 amide bonds. The SMILES string of the molecule is Cc1c(Cl)cccc1N(CC(=O)NCc1cccc(C(=O)O)c1)S(=O)(=O)c1ccc(Oc2ccccn2)cc1. The third kappa shape index (κ3) is 6.73. The minimum Gasteiger partial charge on any atom is -0.478 e. The van der Waals surface area contributed by atoms with Crippen molar-refractivity contribution in [3.63, 3.8) is 0 Å². The van der Waals surface area contributed by atoms with Gasteiger partial charge in [0.15, 0.2) is 0 Å². The molecule has 0 unspecified atom stereocenters. The highest BCUT2D eigenvalue weighted by atomic mass is 35.5. The maximum Gasteiger partial charge on any atom is 0.335 e. The maximum atomic E-state index is 13.8. The van der Waals surface area contributed by atoms with Crippen molar-refractivity contribution >= 4 is 39.2 Å². The van der Waals surface area contributed by atoms with E-state index in [1.807, 2.05) is 0 Å². The first-order chi connectivity index (χ1) is 18.6. The minimum absolute atomic E-state index is 0.0158. The zero-order valence-electron chi connectivity index (χ0n) is 20.7. The van der Waals surface area contributed by atoms with Crippen LogP contribution in [0.1, 0.15) is 21.5 Å². The van der Waals surface area contributed by atoms with Crippen LogP contribution in [-0.2, 0) is 21.4 Å². The minimum atomic E-state index is -4.21. The summed E-state index contributed by atoms with van der Waals surface area (Å²) < 4.78 is 34.2. The number of carbonyl (C=O) groups excluding carboxylic acids is 1. The van der Waals surface area contributed by atoms with Crippen LogP contribution in [0.3, 0.4) is 0 Å². The number of carboxylic acids is 1. The second-order valence-electron chi connectivity index (χ2n) is 8.42. The van der Waals surface area contributed by atoms with Crippen molar-refractivity contribution in [2.75, 3.05) is 10.8 Å². The summed E-state index contributed by atoms with van der Waals surface area (Å²) >= 11 is 6.28. The lowest BCUT2D eigenvalue weighted by Crippen LogP contribution is -2.41. The second-order valence-corrected chi connectivity index (χ2v) is 10.7. The molecule has 0 aliphatic rings. The summed E-state index contributed by atoms with van der Waals surface area (Å²) in [6.07, 6.45) is 1.58. The van der Waals surface area contributed by atoms with E-state index in [9.17, 15) is 23.1 Å². The molecule has 3 aromatic carbocycles. The lowest BCUT2D eigenvalue weighted by Gasteiger charge is -2.26. The Morgan fingerprint density at radius 3 is 2.44 bits per heavy atom. The van der Waals surface area contributed by atoms with Gasteiger partial charge >= 0.3 is 5.97 Å². The van der Waals surface area contributed by atoms with Crippen LogP contribution in [0.15, 0.2) is 96.0 Å². The number of anilines is 1. The predicted molar refractivity (Wildman–Crippen MR) is 147 cm³/mol. The molecule has 200 valence electrons. The number of rotatable bonds is 10. The van der Waals surface area contributed by atoms with Gasteiger partial charge in [0.1, 0.15) is 12.3 Å². The molecule has 1 heterocycles. The van der Waals surface area contributed by atoms with Crippen LogP contribution >= 0.6 is 11.6 Å². The summed E-state index contributed by atoms with van der Waals surface area (Å²) in [4.78, 5) is 28.2. The van der Waals surface area contributed by atoms with Crippen LogP contribution in [-0.4, -0.2) is 36.9 Å². The number of sulfonamides is 1. The quantitative estimate of drug-likeness (QED) is 0.276. The summed E-state index contributed by atoms with van der Waals surface area (Å²) in [5, 5.41) is 12.2. The summed E-state index contributed by atoms with van der Waals surface area (Å²) in [6, 6.07) is 21.9. The highest BCUT2D eigenvalue weighted by Crippen LogP contribution is 2.31. The molecule has 0 fully saturated rings. The lowest BCUT2D eigenvalue weighted by atomic mass is 10.1. The van der Waals surface area contributed by atoms with Crippen molar-refractivity contribution in [1.29, 1.82) is 0 Å². The lowest BCUT2D eigenvalue weighted by molar-refractivity contribution is -0.119. The molecule has 0 atom stereocenters. The molecule has 9 nitrogen and oxygen atoms in total. The van der Waals surface area contributed by atoms with E-state index in [1.165, 1.54) is 36.4 Å². The number of benzene rings is 3. The molecule has 39 heavy (non-hydrogen) atoms. The Balaban J connectivity index is 1.58. The van der Waals surface area contributed by atoms with Crippen LogP contribution in [0.2, 0.25) is 5.02 Å². The van der Waals surface area contributed by atoms with E-state index in [2.05, 4.69) is 10.3 Å². The summed E-state index contributed by atoms with van der Waals surface area (Å²) in [5.41, 5.74) is 1.37. The number of carbonyl (C=O) groups is 2. The highest BCUT2D eigenvalue weighted by Gasteiger charge is 2.29. The summed E-state index contributed by atoms with van der Waals surface area (Å²) in [6.45, 7) is 1.15. The van der Waals surface area contributed by atoms with E-state index in [-0.39, 0.29) is 22.7 Å². The smallest absolute Gasteiger partial charge is 0.335 e. The first-order valence-electron chi connectivity index (χ1n) is 11.7. The average molecular weight is 566 g/mol. The van der Waals surface area contributed by atoms with Crippen LogP contribution in [0.25, 0.3) is 0 Å². The Hall–Kier alpha value is -4.41. The number of hydrogen-bond donors (Lipinski definition) is 2. The largest absolute Gasteiger partial charge is 0.478 e. The number of aromatic nitrogens is 1. The van der Waals surface area contributed by atoms with E-state index in [1.54, 1.807) is 61.7 Å². The van der Waals surface area contributed by atoms with Gasteiger partial charge in [-0.3, -0.25) is 9.10 Å². The van der Waals surface area contributed by atoms with Crippen molar-refractivity contribution in [3.05, 3.63) is 113 Å². The Morgan fingerprint density at radius 2 is 1.74 bits per heavy atom. The first-order valence-corrected chi connectivity index (χ1v) is 13.5. The second kappa shape index (κ2) is 12.0. The number of halogens is 1. The Bertz CT molecular complexity index is 1600. The Labute approximate surface area is 230 Å². The molecule has 0 spiro atoms. The van der Waals surface area contributed by atoms with Gasteiger partial charge in [-0.05, 0) is 72.6 Å². The molecule has 4 rings (SSSR count). The number of hydrogen-bond acceptors (Lipinski definition) is 6. The Morgan fingerprint density at radius 1 is 1.00 bits per heavy atom. The van der Waals surface area contributed by atoms with Crippen LogP contribution in [0, 0.1) is 6.92 Å². The van der Waals surface area contributed by atoms with Gasteiger partial charge in [-0.15, -0.1) is 0 Å². The van der Waals surface area contributed by atoms with Gasteiger partial charge in [-0.2, -0.15) is 0 Å². The molecular formula is C28H24ClN3O6S. The molecule has 0 aliphatic heterocycles. The number of ether oxygens (including phenoxy) is 1. The molecule has 1 aromatic heterocycles. The van der Waals surface area contributed by atoms with Crippen LogP contribution in [0.4, 0.5) is 5.69 Å². The number of carboxylic acid groups (broad SMARTS) is 1. The third-order valence-corrected chi connectivity index (χ3v) is 7.91. The fourth-order valence-electron chi connectivity index (χ4n) is 3.70. The number of nitrogens with zero attached hydrogens (tertiary/aromatic N) is 2. The average Bonchev–Trinajstić information content (AvgIpc) is 2.93. The summed E-state index contributed by atoms with van der Waals surface area (Å²) in [5.74, 6) is -0.934. The normalized spacial score (nSPS) is 11.0. The van der Waals surface area contributed by atoms with Gasteiger partial charge in [-0.1, -0.05) is 35.9 Å². The number of amides is 1. The predicted octanol–water partition coefficient (Wildman–Crippen LogP) is 5.05. The first kappa shape index (κ1) is 27.6. The molecule has 0 saturated heterocycles. The van der Waals surface area contributed by atoms with Gasteiger partial charge in [-0.25, -0.2) is 18.2 Å². The molecule has 0 radical (unpaired) electrons. The van der Waals surface area contributed by atoms with E-state index in [4.69, 9.17) is 16.3 Å². The third-order valence-electron chi connectivity index (χ3n) is 5.73. The fourth-order valence-corrected chi connectivity index (χ4v) is 5.35. The van der Waals surface area contributed by atoms with E-state index >= 15 is 0 Å². The van der Waals surface area contributed by atoms with Crippen LogP contribution in [0.5, 0.6) is 11.6 Å². The molecule has 2 N–H and O–H groups in total. The number of pyridine rings is 1. The standard InChI is InChI=1S/C28H24ClN3O6S/c1-19-24(29)8-5-9-25(19)32(18-26(33)31-17-20-6-4-7-21(16-20)28(34)35)39(36,37)23-13-11-22(12-14-23)38-27-10-2-3-15-30-27/h2-16H,17-18H2,1H3,(H,31,33)(H,34,35). The zero-order chi connectivity index (χ0) is 28.0. The van der Waals surface area contributed by atoms with Crippen molar-refractivity contribution in [3.8, 4) is 11.6 Å². The molecule has 11 heteroatoms. The molecule has 4 aromatic rings. The van der Waals surface area contributed by atoms with E-state index in [0.717, 1.165) is 4.31 Å². The zero-order valence-corrected chi connectivity index (χ0v) is 22.3. The molecule has 0 aliphatic carbocycles. The monoisotopic (exact) mass is 565 g/mol. The fraction of sp³-hybridized carbons (Fsp3) is 0.107. The molecule has 0 bridgehead atoms. The summed E-state index contributed by atoms with van der Waals surface area (Å²) in [7, 11) is -4.21. The van der Waals surface area contributed by atoms with E-state index < -0.39 is 28.4 Å². The van der Waals surface area contributed by atoms with Gasteiger partial charge in [0.2, 0.25) is 11.8 Å². The van der Waals surface area contributed by atoms with Gasteiger partial charge in [0.05, 0.1) is 16.1 Å². The van der Waals surface area contributed by atoms with Gasteiger partial charge < -0.3 is 15.2 Å². The molecular weight excluding hydrogens is 542 g/mol. The van der Waals surface area contributed by atoms with Crippen molar-refractivity contribution < 1.29 is 27.9 Å². The maximum absolute atomic E-state index is 13.8.